The van der Waals surface area contributed by atoms with Crippen LogP contribution in [0.3, 0.4) is 0 Å². The molecule has 0 atom stereocenters. The maximum absolute atomic E-state index is 11.4. The van der Waals surface area contributed by atoms with Crippen LogP contribution in [-0.4, -0.2) is 22.4 Å². The van der Waals surface area contributed by atoms with Crippen molar-refractivity contribution >= 4 is 33.3 Å². The average molecular weight is 321 g/mol. The van der Waals surface area contributed by atoms with Crippen molar-refractivity contribution in [1.82, 2.24) is 9.97 Å². The van der Waals surface area contributed by atoms with E-state index in [0.717, 1.165) is 19.4 Å². The fraction of sp³-hybridized carbons (Fsp3) is 0.636. The molecule has 1 heterocycles. The second-order valence-corrected chi connectivity index (χ2v) is 5.65. The van der Waals surface area contributed by atoms with Gasteiger partial charge in [0.05, 0.1) is 6.33 Å². The number of nitrogens with zero attached hydrogens (tertiary/aromatic N) is 1. The van der Waals surface area contributed by atoms with Gasteiger partial charge in [-0.15, -0.1) is 11.6 Å². The molecule has 0 spiro atoms. The van der Waals surface area contributed by atoms with Crippen LogP contribution in [0.4, 0.5) is 5.82 Å². The lowest BCUT2D eigenvalue weighted by molar-refractivity contribution is 0.368. The van der Waals surface area contributed by atoms with E-state index in [-0.39, 0.29) is 11.0 Å². The molecule has 0 bridgehead atoms. The molecule has 0 unspecified atom stereocenters. The van der Waals surface area contributed by atoms with Gasteiger partial charge in [0.1, 0.15) is 10.3 Å². The molecule has 1 aromatic heterocycles. The van der Waals surface area contributed by atoms with Crippen LogP contribution < -0.4 is 10.9 Å². The first kappa shape index (κ1) is 12.9. The molecule has 1 saturated carbocycles. The molecule has 1 aliphatic rings. The van der Waals surface area contributed by atoms with Gasteiger partial charge in [-0.05, 0) is 28.8 Å². The van der Waals surface area contributed by atoms with E-state index in [9.17, 15) is 4.79 Å². The standard InChI is InChI=1S/C11H15BrClN3O/c12-8-9(15-7-16-10(8)17)14-6-11(5-13)3-1-2-4-11/h7H,1-6H2,(H2,14,15,16,17). The van der Waals surface area contributed by atoms with E-state index >= 15 is 0 Å². The van der Waals surface area contributed by atoms with Gasteiger partial charge < -0.3 is 10.3 Å². The van der Waals surface area contributed by atoms with Gasteiger partial charge in [-0.1, -0.05) is 12.8 Å². The lowest BCUT2D eigenvalue weighted by Gasteiger charge is -2.26. The molecular weight excluding hydrogens is 305 g/mol. The Kier molecular flexibility index (Phi) is 4.09. The minimum atomic E-state index is -0.172. The Morgan fingerprint density at radius 3 is 2.88 bits per heavy atom. The molecule has 0 amide bonds. The number of aromatic amines is 1. The highest BCUT2D eigenvalue weighted by molar-refractivity contribution is 9.10. The molecule has 1 fully saturated rings. The molecule has 1 aliphatic carbocycles. The van der Waals surface area contributed by atoms with Gasteiger partial charge in [0.25, 0.3) is 5.56 Å². The Hall–Kier alpha value is -0.550. The topological polar surface area (TPSA) is 57.8 Å². The molecule has 0 radical (unpaired) electrons. The number of alkyl halides is 1. The molecule has 0 aromatic carbocycles. The first-order valence-corrected chi connectivity index (χ1v) is 7.03. The Morgan fingerprint density at radius 1 is 1.53 bits per heavy atom. The summed E-state index contributed by atoms with van der Waals surface area (Å²) in [4.78, 5) is 18.0. The first-order chi connectivity index (χ1) is 8.17. The molecule has 2 rings (SSSR count). The van der Waals surface area contributed by atoms with Crippen molar-refractivity contribution in [2.45, 2.75) is 25.7 Å². The molecule has 0 saturated heterocycles. The Morgan fingerprint density at radius 2 is 2.24 bits per heavy atom. The lowest BCUT2D eigenvalue weighted by Crippen LogP contribution is -2.29. The minimum absolute atomic E-state index is 0.158. The van der Waals surface area contributed by atoms with Crippen molar-refractivity contribution in [3.63, 3.8) is 0 Å². The third-order valence-electron chi connectivity index (χ3n) is 3.38. The van der Waals surface area contributed by atoms with E-state index in [0.29, 0.717) is 16.2 Å². The zero-order valence-corrected chi connectivity index (χ0v) is 11.8. The van der Waals surface area contributed by atoms with Gasteiger partial charge in [-0.2, -0.15) is 0 Å². The van der Waals surface area contributed by atoms with Crippen LogP contribution >= 0.6 is 27.5 Å². The van der Waals surface area contributed by atoms with E-state index in [1.165, 1.54) is 19.2 Å². The highest BCUT2D eigenvalue weighted by atomic mass is 79.9. The number of aromatic nitrogens is 2. The van der Waals surface area contributed by atoms with Crippen LogP contribution in [0.25, 0.3) is 0 Å². The summed E-state index contributed by atoms with van der Waals surface area (Å²) in [5, 5.41) is 3.23. The average Bonchev–Trinajstić information content (AvgIpc) is 2.81. The van der Waals surface area contributed by atoms with Gasteiger partial charge >= 0.3 is 0 Å². The van der Waals surface area contributed by atoms with Crippen LogP contribution in [-0.2, 0) is 0 Å². The number of H-pyrrole nitrogens is 1. The summed E-state index contributed by atoms with van der Waals surface area (Å²) in [6.45, 7) is 0.769. The van der Waals surface area contributed by atoms with E-state index in [4.69, 9.17) is 11.6 Å². The third-order valence-corrected chi connectivity index (χ3v) is 4.68. The van der Waals surface area contributed by atoms with E-state index in [1.807, 2.05) is 0 Å². The highest BCUT2D eigenvalue weighted by Gasteiger charge is 2.33. The second kappa shape index (κ2) is 5.40. The zero-order chi connectivity index (χ0) is 12.3. The first-order valence-electron chi connectivity index (χ1n) is 5.70. The molecule has 94 valence electrons. The highest BCUT2D eigenvalue weighted by Crippen LogP contribution is 2.39. The van der Waals surface area contributed by atoms with Crippen molar-refractivity contribution < 1.29 is 0 Å². The summed E-state index contributed by atoms with van der Waals surface area (Å²) in [6.07, 6.45) is 6.16. The summed E-state index contributed by atoms with van der Waals surface area (Å²) in [6, 6.07) is 0. The smallest absolute Gasteiger partial charge is 0.267 e. The van der Waals surface area contributed by atoms with Crippen molar-refractivity contribution in [1.29, 1.82) is 0 Å². The fourth-order valence-corrected chi connectivity index (χ4v) is 2.98. The zero-order valence-electron chi connectivity index (χ0n) is 9.43. The predicted octanol–water partition coefficient (Wildman–Crippen LogP) is 2.74. The molecule has 6 heteroatoms. The molecule has 17 heavy (non-hydrogen) atoms. The van der Waals surface area contributed by atoms with Gasteiger partial charge in [0.2, 0.25) is 0 Å². The largest absolute Gasteiger partial charge is 0.368 e. The summed E-state index contributed by atoms with van der Waals surface area (Å²) < 4.78 is 0.447. The van der Waals surface area contributed by atoms with Crippen LogP contribution in [0.2, 0.25) is 0 Å². The number of anilines is 1. The monoisotopic (exact) mass is 319 g/mol. The van der Waals surface area contributed by atoms with Crippen molar-refractivity contribution in [2.75, 3.05) is 17.7 Å². The normalized spacial score (nSPS) is 18.2. The molecule has 4 nitrogen and oxygen atoms in total. The quantitative estimate of drug-likeness (QED) is 0.839. The van der Waals surface area contributed by atoms with E-state index in [1.54, 1.807) is 0 Å². The van der Waals surface area contributed by atoms with E-state index in [2.05, 4.69) is 31.2 Å². The lowest BCUT2D eigenvalue weighted by atomic mass is 9.88. The SMILES string of the molecule is O=c1[nH]cnc(NCC2(CCl)CCCC2)c1Br. The number of nitrogens with one attached hydrogen (secondary N) is 2. The number of halogens is 2. The van der Waals surface area contributed by atoms with Crippen LogP contribution in [0.5, 0.6) is 0 Å². The van der Waals surface area contributed by atoms with Crippen molar-refractivity contribution in [3.8, 4) is 0 Å². The summed E-state index contributed by atoms with van der Waals surface area (Å²) in [7, 11) is 0. The van der Waals surface area contributed by atoms with Gasteiger partial charge in [0, 0.05) is 17.8 Å². The number of rotatable bonds is 4. The predicted molar refractivity (Wildman–Crippen MR) is 72.7 cm³/mol. The van der Waals surface area contributed by atoms with Gasteiger partial charge in [-0.3, -0.25) is 4.79 Å². The van der Waals surface area contributed by atoms with Crippen molar-refractivity contribution in [3.05, 3.63) is 21.2 Å². The van der Waals surface area contributed by atoms with Crippen molar-refractivity contribution in [2.24, 2.45) is 5.41 Å². The second-order valence-electron chi connectivity index (χ2n) is 4.59. The van der Waals surface area contributed by atoms with Gasteiger partial charge in [0.15, 0.2) is 0 Å². The maximum Gasteiger partial charge on any atom is 0.267 e. The van der Waals surface area contributed by atoms with E-state index < -0.39 is 0 Å². The molecule has 2 N–H and O–H groups in total. The summed E-state index contributed by atoms with van der Waals surface area (Å²) in [5.41, 5.74) is -0.0144. The van der Waals surface area contributed by atoms with Crippen LogP contribution in [0.1, 0.15) is 25.7 Å². The number of hydrogen-bond acceptors (Lipinski definition) is 3. The van der Waals surface area contributed by atoms with Crippen LogP contribution in [0, 0.1) is 5.41 Å². The van der Waals surface area contributed by atoms with Gasteiger partial charge in [-0.25, -0.2) is 4.98 Å². The number of hydrogen-bond donors (Lipinski definition) is 2. The fourth-order valence-electron chi connectivity index (χ4n) is 2.26. The minimum Gasteiger partial charge on any atom is -0.368 e. The summed E-state index contributed by atoms with van der Waals surface area (Å²) >= 11 is 9.29. The third kappa shape index (κ3) is 2.83. The molecular formula is C11H15BrClN3O. The Bertz CT molecular complexity index is 443. The maximum atomic E-state index is 11.4. The van der Waals surface area contributed by atoms with Crippen LogP contribution in [0.15, 0.2) is 15.6 Å². The Balaban J connectivity index is 2.06. The molecule has 1 aromatic rings. The summed E-state index contributed by atoms with van der Waals surface area (Å²) in [5.74, 6) is 1.24. The Labute approximate surface area is 113 Å². The molecule has 0 aliphatic heterocycles.